The Kier molecular flexibility index (Phi) is 3.70. The third kappa shape index (κ3) is 2.55. The summed E-state index contributed by atoms with van der Waals surface area (Å²) in [5, 5.41) is 4.60. The first-order valence-corrected chi connectivity index (χ1v) is 6.54. The van der Waals surface area contributed by atoms with E-state index in [1.165, 1.54) is 17.5 Å². The number of aromatic nitrogens is 2. The molecule has 0 amide bonds. The van der Waals surface area contributed by atoms with Crippen LogP contribution in [0.3, 0.4) is 0 Å². The summed E-state index contributed by atoms with van der Waals surface area (Å²) < 4.78 is 1.85. The van der Waals surface area contributed by atoms with Crippen molar-refractivity contribution in [2.75, 3.05) is 5.73 Å². The van der Waals surface area contributed by atoms with Gasteiger partial charge in [0.15, 0.2) is 0 Å². The predicted molar refractivity (Wildman–Crippen MR) is 76.1 cm³/mol. The molecule has 1 aromatic carbocycles. The van der Waals surface area contributed by atoms with E-state index in [4.69, 9.17) is 5.73 Å². The minimum atomic E-state index is 0.716. The Morgan fingerprint density at radius 3 is 2.67 bits per heavy atom. The number of nitrogens with zero attached hydrogens (tertiary/aromatic N) is 2. The maximum Gasteiger partial charge on any atom is 0.127 e. The number of anilines is 1. The highest BCUT2D eigenvalue weighted by Gasteiger charge is 2.08. The molecule has 3 nitrogen and oxygen atoms in total. The largest absolute Gasteiger partial charge is 0.384 e. The Labute approximate surface area is 109 Å². The summed E-state index contributed by atoms with van der Waals surface area (Å²) in [6.07, 6.45) is 3.33. The number of hydrogen-bond acceptors (Lipinski definition) is 2. The Balaban J connectivity index is 2.35. The summed E-state index contributed by atoms with van der Waals surface area (Å²) >= 11 is 0. The standard InChI is InChI=1S/C15H21N3/c1-4-5-6-13-10-15(16)18(17-13)14-8-7-11(2)9-12(14)3/h7-10H,4-6,16H2,1-3H3. The van der Waals surface area contributed by atoms with Gasteiger partial charge in [-0.25, -0.2) is 4.68 Å². The van der Waals surface area contributed by atoms with E-state index in [1.807, 2.05) is 10.7 Å². The lowest BCUT2D eigenvalue weighted by molar-refractivity contribution is 0.752. The van der Waals surface area contributed by atoms with E-state index in [1.54, 1.807) is 0 Å². The number of unbranched alkanes of at least 4 members (excludes halogenated alkanes) is 1. The van der Waals surface area contributed by atoms with Crippen molar-refractivity contribution >= 4 is 5.82 Å². The second kappa shape index (κ2) is 5.25. The second-order valence-corrected chi connectivity index (χ2v) is 4.87. The molecule has 0 aliphatic rings. The molecule has 2 aromatic rings. The number of hydrogen-bond donors (Lipinski definition) is 1. The smallest absolute Gasteiger partial charge is 0.127 e. The minimum Gasteiger partial charge on any atom is -0.384 e. The molecule has 0 saturated carbocycles. The van der Waals surface area contributed by atoms with Crippen LogP contribution in [0.25, 0.3) is 5.69 Å². The first-order valence-electron chi connectivity index (χ1n) is 6.54. The molecule has 1 heterocycles. The molecule has 0 radical (unpaired) electrons. The fourth-order valence-corrected chi connectivity index (χ4v) is 2.16. The van der Waals surface area contributed by atoms with Crippen LogP contribution < -0.4 is 5.73 Å². The molecular formula is C15H21N3. The fraction of sp³-hybridized carbons (Fsp3) is 0.400. The van der Waals surface area contributed by atoms with Crippen LogP contribution in [-0.4, -0.2) is 9.78 Å². The van der Waals surface area contributed by atoms with Gasteiger partial charge in [-0.1, -0.05) is 31.0 Å². The topological polar surface area (TPSA) is 43.8 Å². The number of benzene rings is 1. The maximum absolute atomic E-state index is 6.05. The number of nitrogen functional groups attached to an aromatic ring is 1. The van der Waals surface area contributed by atoms with Crippen molar-refractivity contribution in [3.8, 4) is 5.69 Å². The zero-order valence-electron chi connectivity index (χ0n) is 11.4. The van der Waals surface area contributed by atoms with Crippen molar-refractivity contribution in [1.29, 1.82) is 0 Å². The van der Waals surface area contributed by atoms with Gasteiger partial charge in [-0.15, -0.1) is 0 Å². The van der Waals surface area contributed by atoms with E-state index in [9.17, 15) is 0 Å². The predicted octanol–water partition coefficient (Wildman–Crippen LogP) is 3.41. The zero-order valence-corrected chi connectivity index (χ0v) is 11.4. The molecule has 0 saturated heterocycles. The third-order valence-corrected chi connectivity index (χ3v) is 3.15. The average Bonchev–Trinajstić information content (AvgIpc) is 2.68. The highest BCUT2D eigenvalue weighted by atomic mass is 15.3. The number of rotatable bonds is 4. The summed E-state index contributed by atoms with van der Waals surface area (Å²) in [6.45, 7) is 6.37. The van der Waals surface area contributed by atoms with E-state index < -0.39 is 0 Å². The van der Waals surface area contributed by atoms with Crippen LogP contribution in [0.2, 0.25) is 0 Å². The first kappa shape index (κ1) is 12.7. The molecule has 0 bridgehead atoms. The number of nitrogens with two attached hydrogens (primary N) is 1. The van der Waals surface area contributed by atoms with E-state index in [0.717, 1.165) is 24.2 Å². The molecule has 96 valence electrons. The highest BCUT2D eigenvalue weighted by molar-refractivity contribution is 5.48. The molecular weight excluding hydrogens is 222 g/mol. The molecule has 1 aromatic heterocycles. The van der Waals surface area contributed by atoms with Gasteiger partial charge in [0.25, 0.3) is 0 Å². The lowest BCUT2D eigenvalue weighted by Gasteiger charge is -2.08. The first-order chi connectivity index (χ1) is 8.61. The van der Waals surface area contributed by atoms with Gasteiger partial charge in [-0.05, 0) is 38.3 Å². The normalized spacial score (nSPS) is 10.8. The third-order valence-electron chi connectivity index (χ3n) is 3.15. The summed E-state index contributed by atoms with van der Waals surface area (Å²) in [7, 11) is 0. The fourth-order valence-electron chi connectivity index (χ4n) is 2.16. The zero-order chi connectivity index (χ0) is 13.1. The summed E-state index contributed by atoms with van der Waals surface area (Å²) in [4.78, 5) is 0. The van der Waals surface area contributed by atoms with Crippen molar-refractivity contribution in [2.24, 2.45) is 0 Å². The molecule has 0 aliphatic heterocycles. The van der Waals surface area contributed by atoms with Crippen LogP contribution >= 0.6 is 0 Å². The van der Waals surface area contributed by atoms with Gasteiger partial charge in [0.1, 0.15) is 5.82 Å². The van der Waals surface area contributed by atoms with Crippen LogP contribution in [0.1, 0.15) is 36.6 Å². The van der Waals surface area contributed by atoms with Crippen molar-refractivity contribution < 1.29 is 0 Å². The monoisotopic (exact) mass is 243 g/mol. The van der Waals surface area contributed by atoms with Crippen LogP contribution in [0.4, 0.5) is 5.82 Å². The van der Waals surface area contributed by atoms with Crippen LogP contribution in [0.5, 0.6) is 0 Å². The molecule has 2 N–H and O–H groups in total. The van der Waals surface area contributed by atoms with E-state index in [2.05, 4.69) is 44.1 Å². The summed E-state index contributed by atoms with van der Waals surface area (Å²) in [6, 6.07) is 8.31. The lowest BCUT2D eigenvalue weighted by atomic mass is 10.1. The van der Waals surface area contributed by atoms with Crippen molar-refractivity contribution in [1.82, 2.24) is 9.78 Å². The SMILES string of the molecule is CCCCc1cc(N)n(-c2ccc(C)cc2C)n1. The molecule has 0 fully saturated rings. The molecule has 0 unspecified atom stereocenters. The molecule has 2 rings (SSSR count). The van der Waals surface area contributed by atoms with E-state index in [0.29, 0.717) is 5.82 Å². The van der Waals surface area contributed by atoms with Crippen molar-refractivity contribution in [2.45, 2.75) is 40.0 Å². The average molecular weight is 243 g/mol. The Morgan fingerprint density at radius 2 is 2.00 bits per heavy atom. The molecule has 0 aliphatic carbocycles. The number of aryl methyl sites for hydroxylation is 3. The van der Waals surface area contributed by atoms with Gasteiger partial charge in [0.05, 0.1) is 11.4 Å². The van der Waals surface area contributed by atoms with Crippen LogP contribution in [-0.2, 0) is 6.42 Å². The van der Waals surface area contributed by atoms with Crippen LogP contribution in [0, 0.1) is 13.8 Å². The van der Waals surface area contributed by atoms with Crippen LogP contribution in [0.15, 0.2) is 24.3 Å². The lowest BCUT2D eigenvalue weighted by Crippen LogP contribution is -2.04. The quantitative estimate of drug-likeness (QED) is 0.894. The minimum absolute atomic E-state index is 0.716. The Bertz CT molecular complexity index is 541. The van der Waals surface area contributed by atoms with E-state index >= 15 is 0 Å². The van der Waals surface area contributed by atoms with Gasteiger partial charge >= 0.3 is 0 Å². The second-order valence-electron chi connectivity index (χ2n) is 4.87. The Morgan fingerprint density at radius 1 is 1.22 bits per heavy atom. The van der Waals surface area contributed by atoms with Gasteiger partial charge in [-0.2, -0.15) is 5.10 Å². The van der Waals surface area contributed by atoms with Crippen molar-refractivity contribution in [3.63, 3.8) is 0 Å². The molecule has 0 spiro atoms. The molecule has 18 heavy (non-hydrogen) atoms. The maximum atomic E-state index is 6.05. The van der Waals surface area contributed by atoms with Gasteiger partial charge in [0.2, 0.25) is 0 Å². The molecule has 0 atom stereocenters. The van der Waals surface area contributed by atoms with Crippen molar-refractivity contribution in [3.05, 3.63) is 41.1 Å². The van der Waals surface area contributed by atoms with E-state index in [-0.39, 0.29) is 0 Å². The summed E-state index contributed by atoms with van der Waals surface area (Å²) in [5.41, 5.74) is 10.7. The summed E-state index contributed by atoms with van der Waals surface area (Å²) in [5.74, 6) is 0.716. The van der Waals surface area contributed by atoms with Gasteiger partial charge in [0, 0.05) is 6.07 Å². The molecule has 3 heteroatoms. The van der Waals surface area contributed by atoms with Gasteiger partial charge < -0.3 is 5.73 Å². The van der Waals surface area contributed by atoms with Gasteiger partial charge in [-0.3, -0.25) is 0 Å². The highest BCUT2D eigenvalue weighted by Crippen LogP contribution is 2.20. The Hall–Kier alpha value is -1.77.